The Kier molecular flexibility index (Phi) is 4.46. The van der Waals surface area contributed by atoms with E-state index in [4.69, 9.17) is 18.0 Å². The highest BCUT2D eigenvalue weighted by Gasteiger charge is 2.32. The molecule has 3 N–H and O–H groups in total. The van der Waals surface area contributed by atoms with Crippen LogP contribution >= 0.6 is 12.2 Å². The molecule has 0 saturated carbocycles. The first-order valence-electron chi connectivity index (χ1n) is 6.47. The lowest BCUT2D eigenvalue weighted by Crippen LogP contribution is -2.57. The Hall–Kier alpha value is -1.79. The zero-order valence-corrected chi connectivity index (χ0v) is 12.1. The van der Waals surface area contributed by atoms with Crippen LogP contribution in [0.5, 0.6) is 0 Å². The van der Waals surface area contributed by atoms with Crippen molar-refractivity contribution in [3.8, 4) is 0 Å². The number of nitrogens with zero attached hydrogens (tertiary/aromatic N) is 1. The van der Waals surface area contributed by atoms with Gasteiger partial charge in [0.1, 0.15) is 4.99 Å². The van der Waals surface area contributed by atoms with Crippen LogP contribution in [0.4, 0.5) is 0 Å². The Labute approximate surface area is 123 Å². The Balaban J connectivity index is 2.18. The summed E-state index contributed by atoms with van der Waals surface area (Å²) in [5, 5.41) is 2.37. The molecular weight excluding hydrogens is 274 g/mol. The van der Waals surface area contributed by atoms with Crippen molar-refractivity contribution >= 4 is 29.0 Å². The third kappa shape index (κ3) is 3.20. The Morgan fingerprint density at radius 3 is 2.90 bits per heavy atom. The number of piperazine rings is 1. The van der Waals surface area contributed by atoms with Gasteiger partial charge in [0.25, 0.3) is 0 Å². The monoisotopic (exact) mass is 291 g/mol. The molecule has 1 unspecified atom stereocenters. The van der Waals surface area contributed by atoms with Gasteiger partial charge in [0.15, 0.2) is 0 Å². The van der Waals surface area contributed by atoms with E-state index in [1.165, 1.54) is 0 Å². The molecule has 1 aromatic carbocycles. The number of carbonyl (C=O) groups excluding carboxylic acids is 2. The summed E-state index contributed by atoms with van der Waals surface area (Å²) in [5.74, 6) is -0.487. The number of nitrogens with one attached hydrogen (secondary N) is 1. The lowest BCUT2D eigenvalue weighted by Gasteiger charge is -2.33. The molecule has 0 aliphatic carbocycles. The summed E-state index contributed by atoms with van der Waals surface area (Å²) in [6.07, 6.45) is 0.661. The van der Waals surface area contributed by atoms with Crippen LogP contribution < -0.4 is 11.1 Å². The third-order valence-corrected chi connectivity index (χ3v) is 3.57. The van der Waals surface area contributed by atoms with Crippen molar-refractivity contribution in [1.82, 2.24) is 10.2 Å². The van der Waals surface area contributed by atoms with E-state index in [1.54, 1.807) is 0 Å². The molecule has 2 rings (SSSR count). The number of hydrogen-bond acceptors (Lipinski definition) is 4. The summed E-state index contributed by atoms with van der Waals surface area (Å²) in [6.45, 7) is 2.67. The molecule has 1 aliphatic rings. The molecule has 1 heterocycles. The predicted molar refractivity (Wildman–Crippen MR) is 80.0 cm³/mol. The molecule has 0 radical (unpaired) electrons. The van der Waals surface area contributed by atoms with Gasteiger partial charge >= 0.3 is 0 Å². The number of thiocarbonyl (C=S) groups is 1. The minimum Gasteiger partial charge on any atom is -0.389 e. The normalized spacial score (nSPS) is 19.8. The molecule has 5 nitrogen and oxygen atoms in total. The van der Waals surface area contributed by atoms with Gasteiger partial charge < -0.3 is 5.73 Å². The summed E-state index contributed by atoms with van der Waals surface area (Å²) in [4.78, 5) is 25.5. The van der Waals surface area contributed by atoms with Gasteiger partial charge in [-0.05, 0) is 18.1 Å². The average molecular weight is 291 g/mol. The van der Waals surface area contributed by atoms with E-state index in [2.05, 4.69) is 5.32 Å². The SMILES string of the molecule is CCC1C(=O)NC(=O)CN1Cc1cccc(C(N)=S)c1. The fraction of sp³-hybridized carbons (Fsp3) is 0.357. The van der Waals surface area contributed by atoms with Crippen molar-refractivity contribution in [3.05, 3.63) is 35.4 Å². The van der Waals surface area contributed by atoms with Crippen molar-refractivity contribution in [2.45, 2.75) is 25.9 Å². The molecule has 0 bridgehead atoms. The van der Waals surface area contributed by atoms with Crippen molar-refractivity contribution in [2.24, 2.45) is 5.73 Å². The maximum atomic E-state index is 11.8. The van der Waals surface area contributed by atoms with Crippen LogP contribution in [-0.4, -0.2) is 34.3 Å². The number of amides is 2. The third-order valence-electron chi connectivity index (χ3n) is 3.34. The standard InChI is InChI=1S/C14H17N3O2S/c1-2-11-14(19)16-12(18)8-17(11)7-9-4-3-5-10(6-9)13(15)20/h3-6,11H,2,7-8H2,1H3,(H2,15,20)(H,16,18,19). The number of rotatable bonds is 4. The van der Waals surface area contributed by atoms with Crippen LogP contribution in [0.3, 0.4) is 0 Å². The van der Waals surface area contributed by atoms with E-state index < -0.39 is 0 Å². The lowest BCUT2D eigenvalue weighted by molar-refractivity contribution is -0.140. The van der Waals surface area contributed by atoms with Crippen molar-refractivity contribution in [1.29, 1.82) is 0 Å². The first-order valence-corrected chi connectivity index (χ1v) is 6.88. The number of nitrogens with two attached hydrogens (primary N) is 1. The maximum absolute atomic E-state index is 11.8. The molecule has 1 aliphatic heterocycles. The molecule has 20 heavy (non-hydrogen) atoms. The average Bonchev–Trinajstić information content (AvgIpc) is 2.38. The number of hydrogen-bond donors (Lipinski definition) is 2. The van der Waals surface area contributed by atoms with Crippen LogP contribution in [0.2, 0.25) is 0 Å². The molecule has 1 atom stereocenters. The largest absolute Gasteiger partial charge is 0.389 e. The second kappa shape index (κ2) is 6.11. The van der Waals surface area contributed by atoms with Crippen LogP contribution in [0.25, 0.3) is 0 Å². The Bertz CT molecular complexity index is 559. The Morgan fingerprint density at radius 1 is 1.50 bits per heavy atom. The van der Waals surface area contributed by atoms with Gasteiger partial charge in [0, 0.05) is 12.1 Å². The zero-order chi connectivity index (χ0) is 14.7. The summed E-state index contributed by atoms with van der Waals surface area (Å²) in [6, 6.07) is 7.27. The molecule has 0 aromatic heterocycles. The van der Waals surface area contributed by atoms with Gasteiger partial charge in [-0.3, -0.25) is 19.8 Å². The first-order chi connectivity index (χ1) is 9.51. The van der Waals surface area contributed by atoms with E-state index in [-0.39, 0.29) is 24.4 Å². The molecule has 106 valence electrons. The Morgan fingerprint density at radius 2 is 2.25 bits per heavy atom. The smallest absolute Gasteiger partial charge is 0.243 e. The van der Waals surface area contributed by atoms with Gasteiger partial charge in [-0.25, -0.2) is 0 Å². The predicted octanol–water partition coefficient (Wildman–Crippen LogP) is 0.558. The molecule has 1 fully saturated rings. The number of imide groups is 1. The van der Waals surface area contributed by atoms with Crippen molar-refractivity contribution in [3.63, 3.8) is 0 Å². The van der Waals surface area contributed by atoms with Gasteiger partial charge in [0.05, 0.1) is 12.6 Å². The minimum absolute atomic E-state index is 0.224. The zero-order valence-electron chi connectivity index (χ0n) is 11.3. The molecule has 6 heteroatoms. The van der Waals surface area contributed by atoms with Crippen LogP contribution in [0, 0.1) is 0 Å². The van der Waals surface area contributed by atoms with E-state index in [0.29, 0.717) is 18.0 Å². The van der Waals surface area contributed by atoms with Gasteiger partial charge in [0.2, 0.25) is 11.8 Å². The molecular formula is C14H17N3O2S. The highest BCUT2D eigenvalue weighted by molar-refractivity contribution is 7.80. The van der Waals surface area contributed by atoms with E-state index >= 15 is 0 Å². The van der Waals surface area contributed by atoms with E-state index in [0.717, 1.165) is 11.1 Å². The van der Waals surface area contributed by atoms with Crippen LogP contribution in [0.1, 0.15) is 24.5 Å². The van der Waals surface area contributed by atoms with Gasteiger partial charge in [-0.2, -0.15) is 0 Å². The first kappa shape index (κ1) is 14.6. The fourth-order valence-electron chi connectivity index (χ4n) is 2.39. The summed E-state index contributed by atoms with van der Waals surface area (Å²) in [5.41, 5.74) is 7.39. The lowest BCUT2D eigenvalue weighted by atomic mass is 10.1. The van der Waals surface area contributed by atoms with E-state index in [9.17, 15) is 9.59 Å². The number of carbonyl (C=O) groups is 2. The highest BCUT2D eigenvalue weighted by atomic mass is 32.1. The molecule has 2 amide bonds. The molecule has 1 saturated heterocycles. The second-order valence-electron chi connectivity index (χ2n) is 4.81. The van der Waals surface area contributed by atoms with Crippen molar-refractivity contribution < 1.29 is 9.59 Å². The molecule has 0 spiro atoms. The van der Waals surface area contributed by atoms with Crippen LogP contribution in [-0.2, 0) is 16.1 Å². The summed E-state index contributed by atoms with van der Waals surface area (Å²) in [7, 11) is 0. The van der Waals surface area contributed by atoms with Gasteiger partial charge in [-0.1, -0.05) is 37.3 Å². The highest BCUT2D eigenvalue weighted by Crippen LogP contribution is 2.15. The quantitative estimate of drug-likeness (QED) is 0.626. The van der Waals surface area contributed by atoms with Gasteiger partial charge in [-0.15, -0.1) is 0 Å². The molecule has 1 aromatic rings. The second-order valence-corrected chi connectivity index (χ2v) is 5.25. The van der Waals surface area contributed by atoms with Crippen LogP contribution in [0.15, 0.2) is 24.3 Å². The topological polar surface area (TPSA) is 75.4 Å². The number of benzene rings is 1. The van der Waals surface area contributed by atoms with Crippen molar-refractivity contribution in [2.75, 3.05) is 6.54 Å². The summed E-state index contributed by atoms with van der Waals surface area (Å²) < 4.78 is 0. The maximum Gasteiger partial charge on any atom is 0.243 e. The van der Waals surface area contributed by atoms with E-state index in [1.807, 2.05) is 36.1 Å². The minimum atomic E-state index is -0.277. The fourth-order valence-corrected chi connectivity index (χ4v) is 2.51. The summed E-state index contributed by atoms with van der Waals surface area (Å²) >= 11 is 4.96.